The fourth-order valence-electron chi connectivity index (χ4n) is 3.76. The summed E-state index contributed by atoms with van der Waals surface area (Å²) in [5, 5.41) is 10.9. The van der Waals surface area contributed by atoms with Gasteiger partial charge in [0.25, 0.3) is 17.5 Å². The molecule has 2 aromatic carbocycles. The van der Waals surface area contributed by atoms with Gasteiger partial charge in [-0.2, -0.15) is 0 Å². The number of nitro groups is 1. The van der Waals surface area contributed by atoms with Gasteiger partial charge >= 0.3 is 5.97 Å². The van der Waals surface area contributed by atoms with E-state index in [1.807, 2.05) is 0 Å². The van der Waals surface area contributed by atoms with Crippen LogP contribution < -0.4 is 0 Å². The first-order valence-corrected chi connectivity index (χ1v) is 9.92. The summed E-state index contributed by atoms with van der Waals surface area (Å²) in [5.41, 5.74) is 0.883. The van der Waals surface area contributed by atoms with E-state index < -0.39 is 28.8 Å². The van der Waals surface area contributed by atoms with Crippen LogP contribution in [0.1, 0.15) is 62.5 Å². The predicted molar refractivity (Wildman–Crippen MR) is 108 cm³/mol. The minimum absolute atomic E-state index is 0.103. The molecular weight excluding hydrogens is 404 g/mol. The van der Waals surface area contributed by atoms with Crippen LogP contribution in [-0.2, 0) is 9.47 Å². The number of nitro benzene ring substituents is 1. The van der Waals surface area contributed by atoms with Crippen molar-refractivity contribution in [3.63, 3.8) is 0 Å². The summed E-state index contributed by atoms with van der Waals surface area (Å²) in [7, 11) is 0. The van der Waals surface area contributed by atoms with Crippen molar-refractivity contribution in [3.8, 4) is 0 Å². The Morgan fingerprint density at radius 1 is 1.23 bits per heavy atom. The highest BCUT2D eigenvalue weighted by Crippen LogP contribution is 2.28. The van der Waals surface area contributed by atoms with Gasteiger partial charge in [0, 0.05) is 18.7 Å². The van der Waals surface area contributed by atoms with Gasteiger partial charge in [0.15, 0.2) is 0 Å². The average Bonchev–Trinajstić information content (AvgIpc) is 3.36. The number of fused-ring (bicyclic) bond motifs is 1. The number of nitrogens with zero attached hydrogens (tertiary/aromatic N) is 2. The molecule has 2 aliphatic rings. The number of carbonyl (C=O) groups excluding carboxylic acids is 3. The molecule has 31 heavy (non-hydrogen) atoms. The van der Waals surface area contributed by atoms with Crippen LogP contribution in [0.5, 0.6) is 0 Å². The largest absolute Gasteiger partial charge is 0.454 e. The van der Waals surface area contributed by atoms with Crippen LogP contribution in [0.4, 0.5) is 5.69 Å². The molecule has 4 rings (SSSR count). The number of ether oxygens (including phenoxy) is 2. The third-order valence-electron chi connectivity index (χ3n) is 5.45. The molecule has 2 amide bonds. The second-order valence-electron chi connectivity index (χ2n) is 7.52. The number of rotatable bonds is 6. The van der Waals surface area contributed by atoms with Crippen molar-refractivity contribution >= 4 is 23.5 Å². The van der Waals surface area contributed by atoms with Crippen molar-refractivity contribution in [2.24, 2.45) is 0 Å². The van der Waals surface area contributed by atoms with E-state index >= 15 is 0 Å². The molecule has 2 atom stereocenters. The van der Waals surface area contributed by atoms with Crippen LogP contribution in [0, 0.1) is 10.1 Å². The number of amides is 2. The summed E-state index contributed by atoms with van der Waals surface area (Å²) < 4.78 is 10.9. The Bertz CT molecular complexity index is 1080. The highest BCUT2D eigenvalue weighted by Gasteiger charge is 2.38. The van der Waals surface area contributed by atoms with E-state index in [4.69, 9.17) is 9.47 Å². The van der Waals surface area contributed by atoms with Gasteiger partial charge in [-0.05, 0) is 43.5 Å². The lowest BCUT2D eigenvalue weighted by atomic mass is 10.1. The zero-order valence-electron chi connectivity index (χ0n) is 16.8. The van der Waals surface area contributed by atoms with Crippen LogP contribution in [0.15, 0.2) is 42.5 Å². The second kappa shape index (κ2) is 8.27. The van der Waals surface area contributed by atoms with E-state index in [2.05, 4.69) is 0 Å². The summed E-state index contributed by atoms with van der Waals surface area (Å²) in [6.45, 7) is 2.41. The minimum Gasteiger partial charge on any atom is -0.454 e. The topological polar surface area (TPSA) is 116 Å². The molecule has 1 fully saturated rings. The van der Waals surface area contributed by atoms with Crippen LogP contribution >= 0.6 is 0 Å². The second-order valence-corrected chi connectivity index (χ2v) is 7.52. The fourth-order valence-corrected chi connectivity index (χ4v) is 3.76. The summed E-state index contributed by atoms with van der Waals surface area (Å²) in [5.74, 6) is -1.56. The Kier molecular flexibility index (Phi) is 5.51. The molecule has 0 spiro atoms. The summed E-state index contributed by atoms with van der Waals surface area (Å²) >= 11 is 0. The number of non-ortho nitro benzene ring substituents is 1. The van der Waals surface area contributed by atoms with Gasteiger partial charge in [0.05, 0.1) is 34.3 Å². The number of benzene rings is 2. The SMILES string of the molecule is CC(OC(=O)c1ccc2c(c1)C(=O)N(CC1CCCO1)C2=O)c1cccc([N+](=O)[O-])c1. The molecule has 0 radical (unpaired) electrons. The fraction of sp³-hybridized carbons (Fsp3) is 0.318. The normalized spacial score (nSPS) is 18.7. The van der Waals surface area contributed by atoms with Gasteiger partial charge in [-0.3, -0.25) is 24.6 Å². The highest BCUT2D eigenvalue weighted by molar-refractivity contribution is 6.22. The monoisotopic (exact) mass is 424 g/mol. The number of imide groups is 1. The van der Waals surface area contributed by atoms with Crippen LogP contribution in [0.3, 0.4) is 0 Å². The van der Waals surface area contributed by atoms with Gasteiger partial charge < -0.3 is 9.47 Å². The third kappa shape index (κ3) is 4.04. The molecule has 0 aromatic heterocycles. The van der Waals surface area contributed by atoms with Crippen molar-refractivity contribution in [1.29, 1.82) is 0 Å². The van der Waals surface area contributed by atoms with Crippen LogP contribution in [0.2, 0.25) is 0 Å². The van der Waals surface area contributed by atoms with E-state index in [0.717, 1.165) is 17.7 Å². The Balaban J connectivity index is 1.49. The zero-order valence-corrected chi connectivity index (χ0v) is 16.8. The molecule has 9 nitrogen and oxygen atoms in total. The third-order valence-corrected chi connectivity index (χ3v) is 5.45. The number of esters is 1. The van der Waals surface area contributed by atoms with Crippen molar-refractivity contribution in [2.45, 2.75) is 32.0 Å². The Labute approximate surface area is 177 Å². The van der Waals surface area contributed by atoms with E-state index in [-0.39, 0.29) is 35.0 Å². The van der Waals surface area contributed by atoms with Crippen LogP contribution in [-0.4, -0.2) is 46.9 Å². The zero-order chi connectivity index (χ0) is 22.1. The number of hydrogen-bond donors (Lipinski definition) is 0. The molecule has 0 N–H and O–H groups in total. The maximum absolute atomic E-state index is 12.7. The molecule has 2 aliphatic heterocycles. The first-order valence-electron chi connectivity index (χ1n) is 9.92. The standard InChI is InChI=1S/C22H20N2O7/c1-13(14-4-2-5-16(10-14)24(28)29)31-22(27)15-7-8-18-19(11-15)21(26)23(20(18)25)12-17-6-3-9-30-17/h2,4-5,7-8,10-11,13,17H,3,6,9,12H2,1H3. The Morgan fingerprint density at radius 2 is 2.00 bits per heavy atom. The highest BCUT2D eigenvalue weighted by atomic mass is 16.6. The predicted octanol–water partition coefficient (Wildman–Crippen LogP) is 3.29. The van der Waals surface area contributed by atoms with Crippen molar-refractivity contribution < 1.29 is 28.8 Å². The van der Waals surface area contributed by atoms with E-state index in [0.29, 0.717) is 12.2 Å². The minimum atomic E-state index is -0.742. The van der Waals surface area contributed by atoms with Gasteiger partial charge in [0.1, 0.15) is 6.10 Å². The van der Waals surface area contributed by atoms with E-state index in [1.165, 1.54) is 36.4 Å². The Morgan fingerprint density at radius 3 is 2.71 bits per heavy atom. The lowest BCUT2D eigenvalue weighted by molar-refractivity contribution is -0.385. The first-order chi connectivity index (χ1) is 14.8. The van der Waals surface area contributed by atoms with Gasteiger partial charge in [0.2, 0.25) is 0 Å². The Hall–Kier alpha value is -3.59. The quantitative estimate of drug-likeness (QED) is 0.302. The summed E-state index contributed by atoms with van der Waals surface area (Å²) in [4.78, 5) is 49.5. The smallest absolute Gasteiger partial charge is 0.338 e. The maximum atomic E-state index is 12.7. The molecule has 1 saturated heterocycles. The molecule has 2 unspecified atom stereocenters. The molecule has 2 aromatic rings. The lowest BCUT2D eigenvalue weighted by Crippen LogP contribution is -2.36. The van der Waals surface area contributed by atoms with Gasteiger partial charge in [-0.15, -0.1) is 0 Å². The average molecular weight is 424 g/mol. The molecule has 0 aliphatic carbocycles. The van der Waals surface area contributed by atoms with Crippen molar-refractivity contribution in [2.75, 3.05) is 13.2 Å². The summed E-state index contributed by atoms with van der Waals surface area (Å²) in [6.07, 6.45) is 0.782. The van der Waals surface area contributed by atoms with Crippen molar-refractivity contribution in [3.05, 3.63) is 74.8 Å². The molecule has 160 valence electrons. The molecule has 2 heterocycles. The molecule has 0 bridgehead atoms. The van der Waals surface area contributed by atoms with E-state index in [9.17, 15) is 24.5 Å². The molecule has 0 saturated carbocycles. The first kappa shape index (κ1) is 20.7. The van der Waals surface area contributed by atoms with Gasteiger partial charge in [-0.1, -0.05) is 12.1 Å². The molecule has 9 heteroatoms. The molecular formula is C22H20N2O7. The number of hydrogen-bond acceptors (Lipinski definition) is 7. The number of carbonyl (C=O) groups is 3. The van der Waals surface area contributed by atoms with Crippen LogP contribution in [0.25, 0.3) is 0 Å². The van der Waals surface area contributed by atoms with Crippen molar-refractivity contribution in [1.82, 2.24) is 4.90 Å². The van der Waals surface area contributed by atoms with Gasteiger partial charge in [-0.25, -0.2) is 4.79 Å². The lowest BCUT2D eigenvalue weighted by Gasteiger charge is -2.17. The maximum Gasteiger partial charge on any atom is 0.338 e. The van der Waals surface area contributed by atoms with E-state index in [1.54, 1.807) is 13.0 Å². The summed E-state index contributed by atoms with van der Waals surface area (Å²) in [6, 6.07) is 10.1.